The molecule has 0 aromatic heterocycles. The minimum absolute atomic E-state index is 0.0285. The number of rotatable bonds is 1. The first-order chi connectivity index (χ1) is 7.84. The van der Waals surface area contributed by atoms with Crippen LogP contribution >= 0.6 is 0 Å². The minimum Gasteiger partial charge on any atom is -0.480 e. The third-order valence-electron chi connectivity index (χ3n) is 2.65. The molecule has 0 spiro atoms. The van der Waals surface area contributed by atoms with E-state index < -0.39 is 42.0 Å². The Morgan fingerprint density at radius 2 is 1.88 bits per heavy atom. The summed E-state index contributed by atoms with van der Waals surface area (Å²) in [6.07, 6.45) is -3.49. The van der Waals surface area contributed by atoms with Gasteiger partial charge in [0.15, 0.2) is 0 Å². The van der Waals surface area contributed by atoms with E-state index in [1.165, 1.54) is 0 Å². The SMILES string of the molecule is NC1CC[C@@H](C(=O)O)NC(=O)C(=O)C(O)C1O. The standard InChI is InChI=1S/C9H14N2O6/c10-3-1-2-4(9(16)17)11-8(15)7(14)6(13)5(3)12/h3-6,12-13H,1-2,10H2,(H,11,15)(H,16,17)/t3?,4-,5?,6?/m0/s1. The van der Waals surface area contributed by atoms with Crippen LogP contribution in [0.3, 0.4) is 0 Å². The van der Waals surface area contributed by atoms with Gasteiger partial charge < -0.3 is 26.4 Å². The number of carbonyl (C=O) groups is 3. The first-order valence-electron chi connectivity index (χ1n) is 5.03. The number of nitrogens with two attached hydrogens (primary N) is 1. The molecule has 1 aliphatic rings. The van der Waals surface area contributed by atoms with Gasteiger partial charge in [-0.25, -0.2) is 4.79 Å². The van der Waals surface area contributed by atoms with Crippen molar-refractivity contribution in [3.05, 3.63) is 0 Å². The largest absolute Gasteiger partial charge is 0.480 e. The molecule has 6 N–H and O–H groups in total. The van der Waals surface area contributed by atoms with Gasteiger partial charge in [-0.1, -0.05) is 0 Å². The Bertz CT molecular complexity index is 344. The number of carboxylic acids is 1. The molecule has 96 valence electrons. The number of aliphatic carboxylic acids is 1. The number of nitrogens with one attached hydrogen (secondary N) is 1. The third kappa shape index (κ3) is 2.99. The number of carboxylic acid groups (broad SMARTS) is 1. The van der Waals surface area contributed by atoms with E-state index >= 15 is 0 Å². The molecular weight excluding hydrogens is 232 g/mol. The smallest absolute Gasteiger partial charge is 0.326 e. The highest BCUT2D eigenvalue weighted by Crippen LogP contribution is 2.11. The Hall–Kier alpha value is -1.51. The highest BCUT2D eigenvalue weighted by Gasteiger charge is 2.37. The lowest BCUT2D eigenvalue weighted by Gasteiger charge is -2.20. The van der Waals surface area contributed by atoms with Gasteiger partial charge in [0.2, 0.25) is 0 Å². The van der Waals surface area contributed by atoms with Crippen molar-refractivity contribution in [3.63, 3.8) is 0 Å². The molecule has 0 aromatic rings. The predicted octanol–water partition coefficient (Wildman–Crippen LogP) is -3.03. The lowest BCUT2D eigenvalue weighted by Crippen LogP contribution is -2.50. The van der Waals surface area contributed by atoms with Crippen molar-refractivity contribution >= 4 is 17.7 Å². The van der Waals surface area contributed by atoms with E-state index in [-0.39, 0.29) is 12.8 Å². The molecule has 0 saturated carbocycles. The lowest BCUT2D eigenvalue weighted by atomic mass is 9.98. The molecule has 8 nitrogen and oxygen atoms in total. The summed E-state index contributed by atoms with van der Waals surface area (Å²) in [5, 5.41) is 29.6. The van der Waals surface area contributed by atoms with Crippen LogP contribution in [0, 0.1) is 0 Å². The molecular formula is C9H14N2O6. The summed E-state index contributed by atoms with van der Waals surface area (Å²) >= 11 is 0. The predicted molar refractivity (Wildman–Crippen MR) is 53.8 cm³/mol. The molecule has 0 bridgehead atoms. The van der Waals surface area contributed by atoms with Crippen LogP contribution in [0.4, 0.5) is 0 Å². The van der Waals surface area contributed by atoms with E-state index in [0.29, 0.717) is 0 Å². The quantitative estimate of drug-likeness (QED) is 0.309. The molecule has 1 heterocycles. The van der Waals surface area contributed by atoms with Crippen LogP contribution in [0.5, 0.6) is 0 Å². The normalized spacial score (nSPS) is 35.5. The van der Waals surface area contributed by atoms with Gasteiger partial charge in [-0.15, -0.1) is 0 Å². The van der Waals surface area contributed by atoms with Crippen molar-refractivity contribution in [3.8, 4) is 0 Å². The maximum absolute atomic E-state index is 11.3. The average molecular weight is 246 g/mol. The maximum Gasteiger partial charge on any atom is 0.326 e. The molecule has 0 aromatic carbocycles. The molecule has 1 saturated heterocycles. The molecule has 3 unspecified atom stereocenters. The Labute approximate surface area is 96.4 Å². The molecule has 0 aliphatic carbocycles. The van der Waals surface area contributed by atoms with Crippen molar-refractivity contribution in [2.24, 2.45) is 5.73 Å². The third-order valence-corrected chi connectivity index (χ3v) is 2.65. The van der Waals surface area contributed by atoms with Gasteiger partial charge in [0.25, 0.3) is 11.7 Å². The minimum atomic E-state index is -1.93. The molecule has 1 amide bonds. The van der Waals surface area contributed by atoms with Gasteiger partial charge in [0, 0.05) is 6.04 Å². The van der Waals surface area contributed by atoms with E-state index in [0.717, 1.165) is 0 Å². The van der Waals surface area contributed by atoms with E-state index in [1.54, 1.807) is 0 Å². The van der Waals surface area contributed by atoms with Gasteiger partial charge in [0.1, 0.15) is 18.2 Å². The topological polar surface area (TPSA) is 150 Å². The fraction of sp³-hybridized carbons (Fsp3) is 0.667. The fourth-order valence-electron chi connectivity index (χ4n) is 1.54. The van der Waals surface area contributed by atoms with Crippen LogP contribution in [0.2, 0.25) is 0 Å². The van der Waals surface area contributed by atoms with Crippen LogP contribution in [0.15, 0.2) is 0 Å². The van der Waals surface area contributed by atoms with Gasteiger partial charge in [-0.2, -0.15) is 0 Å². The van der Waals surface area contributed by atoms with Gasteiger partial charge in [-0.3, -0.25) is 9.59 Å². The Morgan fingerprint density at radius 3 is 2.41 bits per heavy atom. The number of ketones is 1. The van der Waals surface area contributed by atoms with Crippen LogP contribution < -0.4 is 11.1 Å². The molecule has 0 radical (unpaired) electrons. The molecule has 8 heteroatoms. The van der Waals surface area contributed by atoms with E-state index in [1.807, 2.05) is 5.32 Å². The molecule has 1 aliphatic heterocycles. The summed E-state index contributed by atoms with van der Waals surface area (Å²) in [7, 11) is 0. The highest BCUT2D eigenvalue weighted by molar-refractivity contribution is 6.38. The summed E-state index contributed by atoms with van der Waals surface area (Å²) in [5.74, 6) is -3.83. The van der Waals surface area contributed by atoms with E-state index in [2.05, 4.69) is 0 Å². The van der Waals surface area contributed by atoms with Gasteiger partial charge in [0.05, 0.1) is 0 Å². The molecule has 4 atom stereocenters. The Morgan fingerprint density at radius 1 is 1.29 bits per heavy atom. The number of carbonyl (C=O) groups excluding carboxylic acids is 2. The second-order valence-corrected chi connectivity index (χ2v) is 3.91. The second-order valence-electron chi connectivity index (χ2n) is 3.91. The van der Waals surface area contributed by atoms with E-state index in [4.69, 9.17) is 10.8 Å². The average Bonchev–Trinajstić information content (AvgIpc) is 2.31. The van der Waals surface area contributed by atoms with Crippen molar-refractivity contribution in [1.29, 1.82) is 0 Å². The number of aliphatic hydroxyl groups is 2. The number of Topliss-reactive ketones (excluding diaryl/α,β-unsaturated/α-hetero) is 1. The zero-order chi connectivity index (χ0) is 13.2. The fourth-order valence-corrected chi connectivity index (χ4v) is 1.54. The van der Waals surface area contributed by atoms with Crippen molar-refractivity contribution in [1.82, 2.24) is 5.32 Å². The monoisotopic (exact) mass is 246 g/mol. The maximum atomic E-state index is 11.3. The molecule has 1 fully saturated rings. The summed E-state index contributed by atoms with van der Waals surface area (Å²) < 4.78 is 0. The van der Waals surface area contributed by atoms with Gasteiger partial charge >= 0.3 is 5.97 Å². The second kappa shape index (κ2) is 5.21. The van der Waals surface area contributed by atoms with Crippen molar-refractivity contribution in [2.45, 2.75) is 37.1 Å². The Balaban J connectivity index is 2.93. The zero-order valence-electron chi connectivity index (χ0n) is 8.87. The van der Waals surface area contributed by atoms with Crippen LogP contribution in [-0.2, 0) is 14.4 Å². The Kier molecular flexibility index (Phi) is 4.16. The number of hydrogen-bond acceptors (Lipinski definition) is 6. The lowest BCUT2D eigenvalue weighted by molar-refractivity contribution is -0.148. The van der Waals surface area contributed by atoms with Gasteiger partial charge in [-0.05, 0) is 12.8 Å². The van der Waals surface area contributed by atoms with Crippen LogP contribution in [-0.4, -0.2) is 57.3 Å². The number of hydrogen-bond donors (Lipinski definition) is 5. The van der Waals surface area contributed by atoms with Crippen molar-refractivity contribution in [2.75, 3.05) is 0 Å². The zero-order valence-corrected chi connectivity index (χ0v) is 8.87. The van der Waals surface area contributed by atoms with Crippen molar-refractivity contribution < 1.29 is 29.7 Å². The van der Waals surface area contributed by atoms with E-state index in [9.17, 15) is 24.6 Å². The highest BCUT2D eigenvalue weighted by atomic mass is 16.4. The summed E-state index contributed by atoms with van der Waals surface area (Å²) in [6.45, 7) is 0. The first-order valence-corrected chi connectivity index (χ1v) is 5.03. The first kappa shape index (κ1) is 13.6. The number of amides is 1. The summed E-state index contributed by atoms with van der Waals surface area (Å²) in [4.78, 5) is 33.3. The molecule has 1 rings (SSSR count). The van der Waals surface area contributed by atoms with Crippen LogP contribution in [0.25, 0.3) is 0 Å². The van der Waals surface area contributed by atoms with Crippen LogP contribution in [0.1, 0.15) is 12.8 Å². The summed E-state index contributed by atoms with van der Waals surface area (Å²) in [6, 6.07) is -2.22. The summed E-state index contributed by atoms with van der Waals surface area (Å²) in [5.41, 5.74) is 5.48. The number of aliphatic hydroxyl groups excluding tert-OH is 2. The molecule has 17 heavy (non-hydrogen) atoms.